The Balaban J connectivity index is 1.67. The van der Waals surface area contributed by atoms with Crippen LogP contribution < -0.4 is 20.2 Å². The van der Waals surface area contributed by atoms with Crippen LogP contribution in [0.3, 0.4) is 0 Å². The number of carbonyl (C=O) groups is 2. The molecule has 0 saturated carbocycles. The molecular formula is C29H30FN3O4. The van der Waals surface area contributed by atoms with Crippen molar-refractivity contribution < 1.29 is 23.5 Å². The van der Waals surface area contributed by atoms with Crippen LogP contribution in [0.1, 0.15) is 35.6 Å². The maximum Gasteiger partial charge on any atom is 0.249 e. The Kier molecular flexibility index (Phi) is 9.96. The SMILES string of the molecule is C=CCc1cc(C=NNC(=O)CC(=O)Nc2ccccc2F)cc(OCC)c1OCc1ccc(C)cc1. The second kappa shape index (κ2) is 13.6. The topological polar surface area (TPSA) is 89.0 Å². The zero-order valence-electron chi connectivity index (χ0n) is 20.9. The monoisotopic (exact) mass is 503 g/mol. The summed E-state index contributed by atoms with van der Waals surface area (Å²) in [4.78, 5) is 24.1. The van der Waals surface area contributed by atoms with E-state index in [1.54, 1.807) is 18.2 Å². The Hall–Kier alpha value is -4.46. The molecule has 0 aliphatic heterocycles. The maximum absolute atomic E-state index is 13.7. The van der Waals surface area contributed by atoms with Gasteiger partial charge in [-0.25, -0.2) is 9.82 Å². The highest BCUT2D eigenvalue weighted by Crippen LogP contribution is 2.34. The molecule has 0 bridgehead atoms. The number of hydrogen-bond acceptors (Lipinski definition) is 5. The maximum atomic E-state index is 13.7. The van der Waals surface area contributed by atoms with E-state index in [0.29, 0.717) is 36.7 Å². The lowest BCUT2D eigenvalue weighted by Gasteiger charge is -2.17. The molecule has 8 heteroatoms. The van der Waals surface area contributed by atoms with Crippen molar-refractivity contribution in [1.82, 2.24) is 5.43 Å². The molecule has 192 valence electrons. The summed E-state index contributed by atoms with van der Waals surface area (Å²) in [6.45, 7) is 8.55. The lowest BCUT2D eigenvalue weighted by molar-refractivity contribution is -0.126. The van der Waals surface area contributed by atoms with Gasteiger partial charge in [0.1, 0.15) is 18.8 Å². The van der Waals surface area contributed by atoms with Crippen molar-refractivity contribution >= 4 is 23.7 Å². The number of allylic oxidation sites excluding steroid dienone is 1. The van der Waals surface area contributed by atoms with Crippen LogP contribution in [0.4, 0.5) is 10.1 Å². The largest absolute Gasteiger partial charge is 0.490 e. The highest BCUT2D eigenvalue weighted by atomic mass is 19.1. The van der Waals surface area contributed by atoms with Gasteiger partial charge in [0, 0.05) is 5.56 Å². The number of benzene rings is 3. The Bertz CT molecular complexity index is 1270. The number of aryl methyl sites for hydroxylation is 1. The summed E-state index contributed by atoms with van der Waals surface area (Å²) in [7, 11) is 0. The second-order valence-corrected chi connectivity index (χ2v) is 8.21. The Morgan fingerprint density at radius 1 is 1.05 bits per heavy atom. The number of carbonyl (C=O) groups excluding carboxylic acids is 2. The summed E-state index contributed by atoms with van der Waals surface area (Å²) >= 11 is 0. The van der Waals surface area contributed by atoms with Gasteiger partial charge in [0.2, 0.25) is 11.8 Å². The third-order valence-corrected chi connectivity index (χ3v) is 5.19. The van der Waals surface area contributed by atoms with E-state index in [2.05, 4.69) is 22.4 Å². The van der Waals surface area contributed by atoms with Crippen LogP contribution in [0.5, 0.6) is 11.5 Å². The van der Waals surface area contributed by atoms with Crippen molar-refractivity contribution in [2.75, 3.05) is 11.9 Å². The molecule has 0 saturated heterocycles. The zero-order valence-corrected chi connectivity index (χ0v) is 20.9. The summed E-state index contributed by atoms with van der Waals surface area (Å²) in [5.74, 6) is -0.709. The van der Waals surface area contributed by atoms with Crippen molar-refractivity contribution in [1.29, 1.82) is 0 Å². The number of halogens is 1. The summed E-state index contributed by atoms with van der Waals surface area (Å²) in [6, 6.07) is 17.5. The summed E-state index contributed by atoms with van der Waals surface area (Å²) in [6.07, 6.45) is 3.24. The Labute approximate surface area is 216 Å². The van der Waals surface area contributed by atoms with Crippen LogP contribution in [0.25, 0.3) is 0 Å². The van der Waals surface area contributed by atoms with Gasteiger partial charge in [-0.3, -0.25) is 9.59 Å². The number of para-hydroxylation sites is 1. The molecule has 3 aromatic carbocycles. The average molecular weight is 504 g/mol. The van der Waals surface area contributed by atoms with Crippen LogP contribution in [-0.4, -0.2) is 24.6 Å². The highest BCUT2D eigenvalue weighted by Gasteiger charge is 2.14. The van der Waals surface area contributed by atoms with Crippen molar-refractivity contribution in [3.63, 3.8) is 0 Å². The first kappa shape index (κ1) is 27.1. The van der Waals surface area contributed by atoms with Crippen LogP contribution in [-0.2, 0) is 22.6 Å². The quantitative estimate of drug-likeness (QED) is 0.152. The average Bonchev–Trinajstić information content (AvgIpc) is 2.86. The number of nitrogens with one attached hydrogen (secondary N) is 2. The minimum absolute atomic E-state index is 0.00619. The third kappa shape index (κ3) is 8.31. The van der Waals surface area contributed by atoms with Crippen LogP contribution >= 0.6 is 0 Å². The fraction of sp³-hybridized carbons (Fsp3) is 0.207. The molecule has 3 aromatic rings. The first-order chi connectivity index (χ1) is 17.9. The zero-order chi connectivity index (χ0) is 26.6. The summed E-state index contributed by atoms with van der Waals surface area (Å²) in [5.41, 5.74) is 6.04. The number of nitrogens with zero attached hydrogens (tertiary/aromatic N) is 1. The van der Waals surface area contributed by atoms with Gasteiger partial charge in [0.05, 0.1) is 18.5 Å². The van der Waals surface area contributed by atoms with E-state index in [1.165, 1.54) is 30.0 Å². The number of amides is 2. The van der Waals surface area contributed by atoms with Crippen molar-refractivity contribution in [3.05, 3.63) is 101 Å². The van der Waals surface area contributed by atoms with Gasteiger partial charge in [-0.1, -0.05) is 48.0 Å². The molecule has 0 aliphatic carbocycles. The van der Waals surface area contributed by atoms with E-state index in [4.69, 9.17) is 9.47 Å². The smallest absolute Gasteiger partial charge is 0.249 e. The van der Waals surface area contributed by atoms with Crippen molar-refractivity contribution in [2.45, 2.75) is 33.3 Å². The molecule has 3 rings (SSSR count). The normalized spacial score (nSPS) is 10.7. The molecule has 2 amide bonds. The van der Waals surface area contributed by atoms with Crippen molar-refractivity contribution in [2.24, 2.45) is 5.10 Å². The first-order valence-corrected chi connectivity index (χ1v) is 11.8. The fourth-order valence-corrected chi connectivity index (χ4v) is 3.45. The Morgan fingerprint density at radius 2 is 1.81 bits per heavy atom. The van der Waals surface area contributed by atoms with E-state index in [-0.39, 0.29) is 5.69 Å². The number of ether oxygens (including phenoxy) is 2. The fourth-order valence-electron chi connectivity index (χ4n) is 3.45. The van der Waals surface area contributed by atoms with Gasteiger partial charge in [-0.05, 0) is 55.7 Å². The highest BCUT2D eigenvalue weighted by molar-refractivity contribution is 6.03. The second-order valence-electron chi connectivity index (χ2n) is 8.21. The van der Waals surface area contributed by atoms with E-state index in [9.17, 15) is 14.0 Å². The first-order valence-electron chi connectivity index (χ1n) is 11.8. The van der Waals surface area contributed by atoms with E-state index in [0.717, 1.165) is 11.1 Å². The van der Waals surface area contributed by atoms with Gasteiger partial charge in [-0.2, -0.15) is 5.10 Å². The Morgan fingerprint density at radius 3 is 2.51 bits per heavy atom. The van der Waals surface area contributed by atoms with E-state index in [1.807, 2.05) is 44.2 Å². The summed E-state index contributed by atoms with van der Waals surface area (Å²) in [5, 5.41) is 6.31. The van der Waals surface area contributed by atoms with Crippen molar-refractivity contribution in [3.8, 4) is 11.5 Å². The van der Waals surface area contributed by atoms with Gasteiger partial charge in [0.25, 0.3) is 0 Å². The molecule has 2 N–H and O–H groups in total. The minimum Gasteiger partial charge on any atom is -0.490 e. The van der Waals surface area contributed by atoms with Gasteiger partial charge >= 0.3 is 0 Å². The lowest BCUT2D eigenvalue weighted by Crippen LogP contribution is -2.25. The molecule has 0 aliphatic rings. The predicted molar refractivity (Wildman–Crippen MR) is 142 cm³/mol. The molecular weight excluding hydrogens is 473 g/mol. The number of anilines is 1. The van der Waals surface area contributed by atoms with Crippen LogP contribution in [0.15, 0.2) is 78.4 Å². The molecule has 7 nitrogen and oxygen atoms in total. The molecule has 0 aromatic heterocycles. The predicted octanol–water partition coefficient (Wildman–Crippen LogP) is 5.32. The summed E-state index contributed by atoms with van der Waals surface area (Å²) < 4.78 is 25.6. The number of rotatable bonds is 12. The van der Waals surface area contributed by atoms with Gasteiger partial charge in [0.15, 0.2) is 11.5 Å². The van der Waals surface area contributed by atoms with Crippen LogP contribution in [0.2, 0.25) is 0 Å². The molecule has 0 radical (unpaired) electrons. The lowest BCUT2D eigenvalue weighted by atomic mass is 10.1. The molecule has 0 unspecified atom stereocenters. The van der Waals surface area contributed by atoms with Gasteiger partial charge in [-0.15, -0.1) is 6.58 Å². The van der Waals surface area contributed by atoms with Gasteiger partial charge < -0.3 is 14.8 Å². The van der Waals surface area contributed by atoms with E-state index >= 15 is 0 Å². The molecule has 37 heavy (non-hydrogen) atoms. The third-order valence-electron chi connectivity index (χ3n) is 5.19. The van der Waals surface area contributed by atoms with Crippen LogP contribution in [0, 0.1) is 12.7 Å². The number of hydrogen-bond donors (Lipinski definition) is 2. The molecule has 0 heterocycles. The molecule has 0 fully saturated rings. The standard InChI is InChI=1S/C29H30FN3O4/c1-4-8-23-15-22(16-26(36-5-2)29(23)37-19-21-13-11-20(3)12-14-21)18-31-33-28(35)17-27(34)32-25-10-7-6-9-24(25)30/h4,6-7,9-16,18H,1,5,8,17,19H2,2-3H3,(H,32,34)(H,33,35). The molecule has 0 spiro atoms. The molecule has 0 atom stereocenters. The number of hydrazone groups is 1. The van der Waals surface area contributed by atoms with E-state index < -0.39 is 24.1 Å². The minimum atomic E-state index is -0.653.